The third kappa shape index (κ3) is 7.96. The molecule has 7 heteroatoms. The van der Waals surface area contributed by atoms with Crippen molar-refractivity contribution in [1.82, 2.24) is 9.88 Å². The molecule has 0 aliphatic carbocycles. The molecule has 210 valence electrons. The summed E-state index contributed by atoms with van der Waals surface area (Å²) in [5.74, 6) is 2.27. The van der Waals surface area contributed by atoms with Gasteiger partial charge in [-0.15, -0.1) is 0 Å². The number of carbonyl (C=O) groups is 1. The first-order chi connectivity index (χ1) is 19.2. The highest BCUT2D eigenvalue weighted by Crippen LogP contribution is 2.27. The van der Waals surface area contributed by atoms with Crippen LogP contribution in [0.1, 0.15) is 31.7 Å². The number of aryl methyl sites for hydroxylation is 1. The van der Waals surface area contributed by atoms with E-state index in [-0.39, 0.29) is 5.97 Å². The summed E-state index contributed by atoms with van der Waals surface area (Å²) in [5, 5.41) is 0. The molecule has 4 aromatic rings. The zero-order chi connectivity index (χ0) is 28.5. The maximum Gasteiger partial charge on any atom is 0.349 e. The lowest BCUT2D eigenvalue weighted by atomic mass is 10.0. The van der Waals surface area contributed by atoms with Gasteiger partial charge >= 0.3 is 5.97 Å². The molecule has 0 N–H and O–H groups in total. The molecule has 0 atom stereocenters. The molecule has 1 aromatic heterocycles. The summed E-state index contributed by atoms with van der Waals surface area (Å²) in [6.45, 7) is 7.01. The Morgan fingerprint density at radius 2 is 1.48 bits per heavy atom. The summed E-state index contributed by atoms with van der Waals surface area (Å²) in [6, 6.07) is 25.7. The summed E-state index contributed by atoms with van der Waals surface area (Å²) < 4.78 is 23.2. The lowest BCUT2D eigenvalue weighted by Gasteiger charge is -2.24. The minimum atomic E-state index is -1.09. The van der Waals surface area contributed by atoms with E-state index in [0.29, 0.717) is 37.0 Å². The van der Waals surface area contributed by atoms with E-state index in [4.69, 9.17) is 23.6 Å². The van der Waals surface area contributed by atoms with Gasteiger partial charge in [-0.3, -0.25) is 0 Å². The van der Waals surface area contributed by atoms with Gasteiger partial charge in [0.2, 0.25) is 5.89 Å². The van der Waals surface area contributed by atoms with Crippen molar-refractivity contribution in [3.63, 3.8) is 0 Å². The van der Waals surface area contributed by atoms with Crippen LogP contribution in [0.2, 0.25) is 0 Å². The molecule has 0 fully saturated rings. The molecule has 3 aromatic carbocycles. The average Bonchev–Trinajstić information content (AvgIpc) is 3.32. The minimum Gasteiger partial charge on any atom is -0.493 e. The van der Waals surface area contributed by atoms with E-state index in [2.05, 4.69) is 29.2 Å². The van der Waals surface area contributed by atoms with Crippen molar-refractivity contribution in [2.45, 2.75) is 39.2 Å². The Morgan fingerprint density at radius 1 is 0.850 bits per heavy atom. The summed E-state index contributed by atoms with van der Waals surface area (Å²) >= 11 is 0. The van der Waals surface area contributed by atoms with Crippen LogP contribution in [0, 0.1) is 6.92 Å². The van der Waals surface area contributed by atoms with Crippen molar-refractivity contribution in [3.05, 3.63) is 90.3 Å². The van der Waals surface area contributed by atoms with Crippen LogP contribution in [0.5, 0.6) is 11.5 Å². The standard InChI is InChI=1S/C33H38N2O5/c1-24-30(34-31(39-24)27-14-12-26(13-15-27)25-10-7-6-8-11-25)20-23-37-28-16-18-29(19-17-28)40-33(2,3)32(36)38-22-9-21-35(4)5/h6-8,10-19H,9,20-23H2,1-5H3. The fourth-order valence-electron chi connectivity index (χ4n) is 4.14. The van der Waals surface area contributed by atoms with Crippen LogP contribution >= 0.6 is 0 Å². The van der Waals surface area contributed by atoms with Gasteiger partial charge in [0, 0.05) is 18.5 Å². The maximum absolute atomic E-state index is 12.5. The van der Waals surface area contributed by atoms with Gasteiger partial charge in [0.15, 0.2) is 5.60 Å². The van der Waals surface area contributed by atoms with E-state index in [1.807, 2.05) is 63.5 Å². The van der Waals surface area contributed by atoms with Crippen molar-refractivity contribution in [1.29, 1.82) is 0 Å². The molecule has 40 heavy (non-hydrogen) atoms. The third-order valence-electron chi connectivity index (χ3n) is 6.41. The lowest BCUT2D eigenvalue weighted by molar-refractivity contribution is -0.159. The molecule has 4 rings (SSSR count). The van der Waals surface area contributed by atoms with Gasteiger partial charge in [-0.25, -0.2) is 9.78 Å². The molecule has 0 aliphatic heterocycles. The van der Waals surface area contributed by atoms with Gasteiger partial charge in [-0.2, -0.15) is 0 Å². The first kappa shape index (κ1) is 28.9. The Bertz CT molecular complexity index is 1360. The van der Waals surface area contributed by atoms with Gasteiger partial charge in [0.1, 0.15) is 17.3 Å². The zero-order valence-corrected chi connectivity index (χ0v) is 24.0. The number of benzene rings is 3. The Kier molecular flexibility index (Phi) is 9.61. The van der Waals surface area contributed by atoms with Crippen LogP contribution in [-0.2, 0) is 16.0 Å². The molecule has 1 heterocycles. The molecule has 0 aliphatic rings. The number of oxazole rings is 1. The van der Waals surface area contributed by atoms with E-state index >= 15 is 0 Å². The molecule has 0 unspecified atom stereocenters. The van der Waals surface area contributed by atoms with Crippen LogP contribution in [0.25, 0.3) is 22.6 Å². The summed E-state index contributed by atoms with van der Waals surface area (Å²) in [4.78, 5) is 19.2. The van der Waals surface area contributed by atoms with Gasteiger partial charge < -0.3 is 23.5 Å². The predicted molar refractivity (Wildman–Crippen MR) is 157 cm³/mol. The van der Waals surface area contributed by atoms with Crippen LogP contribution < -0.4 is 9.47 Å². The first-order valence-corrected chi connectivity index (χ1v) is 13.6. The number of hydrogen-bond donors (Lipinski definition) is 0. The SMILES string of the molecule is Cc1oc(-c2ccc(-c3ccccc3)cc2)nc1CCOc1ccc(OC(C)(C)C(=O)OCCCN(C)C)cc1. The van der Waals surface area contributed by atoms with Gasteiger partial charge in [-0.1, -0.05) is 42.5 Å². The Hall–Kier alpha value is -4.10. The van der Waals surface area contributed by atoms with E-state index < -0.39 is 5.60 Å². The van der Waals surface area contributed by atoms with Gasteiger partial charge in [0.05, 0.1) is 18.9 Å². The van der Waals surface area contributed by atoms with Crippen LogP contribution in [-0.4, -0.2) is 55.3 Å². The molecule has 0 amide bonds. The minimum absolute atomic E-state index is 0.365. The highest BCUT2D eigenvalue weighted by atomic mass is 16.6. The van der Waals surface area contributed by atoms with Gasteiger partial charge in [0.25, 0.3) is 0 Å². The second kappa shape index (κ2) is 13.3. The Morgan fingerprint density at radius 3 is 2.15 bits per heavy atom. The largest absolute Gasteiger partial charge is 0.493 e. The summed E-state index contributed by atoms with van der Waals surface area (Å²) in [7, 11) is 3.97. The molecule has 0 saturated carbocycles. The molecule has 0 spiro atoms. The molecule has 7 nitrogen and oxygen atoms in total. The number of rotatable bonds is 13. The average molecular weight is 543 g/mol. The normalized spacial score (nSPS) is 11.4. The fraction of sp³-hybridized carbons (Fsp3) is 0.333. The second-order valence-corrected chi connectivity index (χ2v) is 10.4. The van der Waals surface area contributed by atoms with E-state index in [1.54, 1.807) is 26.0 Å². The van der Waals surface area contributed by atoms with Crippen molar-refractivity contribution in [2.24, 2.45) is 0 Å². The van der Waals surface area contributed by atoms with Gasteiger partial charge in [-0.05, 0) is 88.8 Å². The number of esters is 1. The second-order valence-electron chi connectivity index (χ2n) is 10.4. The number of nitrogens with zero attached hydrogens (tertiary/aromatic N) is 2. The van der Waals surface area contributed by atoms with Crippen molar-refractivity contribution < 1.29 is 23.4 Å². The molecular weight excluding hydrogens is 504 g/mol. The quantitative estimate of drug-likeness (QED) is 0.139. The van der Waals surface area contributed by atoms with Crippen molar-refractivity contribution in [2.75, 3.05) is 33.9 Å². The summed E-state index contributed by atoms with van der Waals surface area (Å²) in [6.07, 6.45) is 1.39. The Labute approximate surface area is 236 Å². The molecular formula is C33H38N2O5. The highest BCUT2D eigenvalue weighted by molar-refractivity contribution is 5.79. The molecule has 0 radical (unpaired) electrons. The van der Waals surface area contributed by atoms with Crippen LogP contribution in [0.4, 0.5) is 0 Å². The highest BCUT2D eigenvalue weighted by Gasteiger charge is 2.31. The van der Waals surface area contributed by atoms with Crippen molar-refractivity contribution in [3.8, 4) is 34.1 Å². The van der Waals surface area contributed by atoms with E-state index in [1.165, 1.54) is 5.56 Å². The van der Waals surface area contributed by atoms with E-state index in [9.17, 15) is 4.79 Å². The molecule has 0 bridgehead atoms. The van der Waals surface area contributed by atoms with Crippen LogP contribution in [0.3, 0.4) is 0 Å². The summed E-state index contributed by atoms with van der Waals surface area (Å²) in [5.41, 5.74) is 3.04. The fourth-order valence-corrected chi connectivity index (χ4v) is 4.14. The topological polar surface area (TPSA) is 74.0 Å². The maximum atomic E-state index is 12.5. The van der Waals surface area contributed by atoms with Crippen molar-refractivity contribution >= 4 is 5.97 Å². The lowest BCUT2D eigenvalue weighted by Crippen LogP contribution is -2.40. The number of carbonyl (C=O) groups excluding carboxylic acids is 1. The molecule has 0 saturated heterocycles. The monoisotopic (exact) mass is 542 g/mol. The van der Waals surface area contributed by atoms with Crippen LogP contribution in [0.15, 0.2) is 83.3 Å². The first-order valence-electron chi connectivity index (χ1n) is 13.6. The number of aromatic nitrogens is 1. The number of ether oxygens (including phenoxy) is 3. The third-order valence-corrected chi connectivity index (χ3v) is 6.41. The zero-order valence-electron chi connectivity index (χ0n) is 24.0. The number of hydrogen-bond acceptors (Lipinski definition) is 7. The smallest absolute Gasteiger partial charge is 0.349 e. The predicted octanol–water partition coefficient (Wildman–Crippen LogP) is 6.59. The Balaban J connectivity index is 1.26. The van der Waals surface area contributed by atoms with E-state index in [0.717, 1.165) is 35.5 Å².